The van der Waals surface area contributed by atoms with Crippen LogP contribution in [0.25, 0.3) is 0 Å². The molecule has 3 rings (SSSR count). The van der Waals surface area contributed by atoms with Gasteiger partial charge in [-0.05, 0) is 23.6 Å². The van der Waals surface area contributed by atoms with Crippen LogP contribution in [0, 0.1) is 0 Å². The minimum absolute atomic E-state index is 0.0795. The predicted molar refractivity (Wildman–Crippen MR) is 117 cm³/mol. The summed E-state index contributed by atoms with van der Waals surface area (Å²) in [5.41, 5.74) is 2.34. The van der Waals surface area contributed by atoms with Crippen molar-refractivity contribution in [2.75, 3.05) is 19.5 Å². The van der Waals surface area contributed by atoms with Crippen LogP contribution in [-0.4, -0.2) is 45.7 Å². The summed E-state index contributed by atoms with van der Waals surface area (Å²) >= 11 is 5.80. The van der Waals surface area contributed by atoms with E-state index in [1.165, 1.54) is 11.1 Å². The summed E-state index contributed by atoms with van der Waals surface area (Å²) in [7, 11) is 1.36. The van der Waals surface area contributed by atoms with Gasteiger partial charge in [-0.15, -0.1) is 11.6 Å². The number of halogens is 1. The first-order valence-electron chi connectivity index (χ1n) is 9.80. The number of amides is 1. The molecule has 1 amide bonds. The lowest BCUT2D eigenvalue weighted by Gasteiger charge is -2.18. The molecule has 0 bridgehead atoms. The molecule has 2 aromatic carbocycles. The summed E-state index contributed by atoms with van der Waals surface area (Å²) < 4.78 is 11.9. The molecule has 0 atom stereocenters. The minimum Gasteiger partial charge on any atom is -0.352 e. The van der Waals surface area contributed by atoms with E-state index < -0.39 is 9.52 Å². The van der Waals surface area contributed by atoms with E-state index in [0.29, 0.717) is 25.0 Å². The van der Waals surface area contributed by atoms with Crippen LogP contribution in [0.5, 0.6) is 0 Å². The number of rotatable bonds is 9. The average Bonchev–Trinajstić information content (AvgIpc) is 3.12. The third-order valence-electron chi connectivity index (χ3n) is 4.44. The van der Waals surface area contributed by atoms with Crippen molar-refractivity contribution in [3.8, 4) is 0 Å². The van der Waals surface area contributed by atoms with Gasteiger partial charge in [-0.25, -0.2) is 0 Å². The van der Waals surface area contributed by atoms with Crippen molar-refractivity contribution in [3.63, 3.8) is 0 Å². The molecule has 4 nitrogen and oxygen atoms in total. The molecule has 1 aliphatic heterocycles. The van der Waals surface area contributed by atoms with Gasteiger partial charge in [0.15, 0.2) is 0 Å². The van der Waals surface area contributed by atoms with Gasteiger partial charge in [-0.2, -0.15) is 0 Å². The van der Waals surface area contributed by atoms with Gasteiger partial charge in [-0.1, -0.05) is 60.7 Å². The molecule has 0 spiro atoms. The van der Waals surface area contributed by atoms with Crippen molar-refractivity contribution in [3.05, 3.63) is 71.8 Å². The van der Waals surface area contributed by atoms with Crippen LogP contribution in [0.3, 0.4) is 0 Å². The van der Waals surface area contributed by atoms with E-state index in [4.69, 9.17) is 21.1 Å². The average molecular weight is 420 g/mol. The first kappa shape index (κ1) is 22.6. The zero-order chi connectivity index (χ0) is 20.0. The third-order valence-corrected chi connectivity index (χ3v) is 6.86. The van der Waals surface area contributed by atoms with E-state index in [2.05, 4.69) is 24.3 Å². The molecule has 0 unspecified atom stereocenters. The van der Waals surface area contributed by atoms with Gasteiger partial charge >= 0.3 is 0 Å². The molecule has 1 saturated heterocycles. The van der Waals surface area contributed by atoms with Crippen LogP contribution in [0.4, 0.5) is 0 Å². The molecule has 0 radical (unpaired) electrons. The van der Waals surface area contributed by atoms with Crippen LogP contribution >= 0.6 is 11.6 Å². The largest absolute Gasteiger partial charge is 0.352 e. The monoisotopic (exact) mass is 419 g/mol. The maximum Gasteiger partial charge on any atom is 0.222 e. The third kappa shape index (κ3) is 9.02. The molecule has 28 heavy (non-hydrogen) atoms. The molecule has 0 aromatic heterocycles. The Kier molecular flexibility index (Phi) is 10.9. The number of hydrogen-bond donors (Lipinski definition) is 0. The van der Waals surface area contributed by atoms with Crippen LogP contribution in [0.1, 0.15) is 24.0 Å². The second-order valence-electron chi connectivity index (χ2n) is 6.77. The molecular weight excluding hydrogens is 390 g/mol. The fourth-order valence-electron chi connectivity index (χ4n) is 2.77. The maximum absolute atomic E-state index is 10.5. The fourth-order valence-corrected chi connectivity index (χ4v) is 4.29. The van der Waals surface area contributed by atoms with Crippen molar-refractivity contribution >= 4 is 27.0 Å². The van der Waals surface area contributed by atoms with E-state index in [-0.39, 0.29) is 5.91 Å². The minimum atomic E-state index is -0.483. The lowest BCUT2D eigenvalue weighted by Crippen LogP contribution is -2.24. The van der Waals surface area contributed by atoms with E-state index in [1.807, 2.05) is 43.4 Å². The van der Waals surface area contributed by atoms with Crippen LogP contribution in [0.2, 0.25) is 6.04 Å². The molecule has 0 saturated carbocycles. The summed E-state index contributed by atoms with van der Waals surface area (Å²) in [5.74, 6) is 0.899. The number of ether oxygens (including phenoxy) is 2. The molecular formula is C22H30ClNO3Si. The normalized spacial score (nSPS) is 14.0. The quantitative estimate of drug-likeness (QED) is 0.353. The van der Waals surface area contributed by atoms with Gasteiger partial charge in [0.1, 0.15) is 5.91 Å². The first-order chi connectivity index (χ1) is 13.7. The maximum atomic E-state index is 10.5. The lowest BCUT2D eigenvalue weighted by molar-refractivity contribution is -0.126. The Balaban J connectivity index is 0.000000336. The Hall–Kier alpha value is -1.66. The van der Waals surface area contributed by atoms with E-state index in [1.54, 1.807) is 4.90 Å². The number of alkyl halides is 1. The smallest absolute Gasteiger partial charge is 0.222 e. The zero-order valence-corrected chi connectivity index (χ0v) is 18.7. The van der Waals surface area contributed by atoms with Crippen molar-refractivity contribution in [1.29, 1.82) is 0 Å². The topological polar surface area (TPSA) is 38.8 Å². The van der Waals surface area contributed by atoms with Gasteiger partial charge in [0.25, 0.3) is 0 Å². The molecule has 0 aliphatic carbocycles. The molecule has 0 N–H and O–H groups in total. The van der Waals surface area contributed by atoms with Gasteiger partial charge in [0.05, 0.1) is 22.7 Å². The molecule has 6 heteroatoms. The Morgan fingerprint density at radius 1 is 1.00 bits per heavy atom. The van der Waals surface area contributed by atoms with E-state index >= 15 is 0 Å². The number of nitrogens with zero attached hydrogens (tertiary/aromatic N) is 1. The molecule has 1 aliphatic rings. The van der Waals surface area contributed by atoms with Crippen LogP contribution in [0.15, 0.2) is 60.7 Å². The summed E-state index contributed by atoms with van der Waals surface area (Å²) in [6, 6.07) is 21.4. The Morgan fingerprint density at radius 2 is 1.54 bits per heavy atom. The van der Waals surface area contributed by atoms with E-state index in [0.717, 1.165) is 25.4 Å². The first-order valence-corrected chi connectivity index (χ1v) is 12.1. The van der Waals surface area contributed by atoms with Gasteiger partial charge in [-0.3, -0.25) is 4.79 Å². The number of likely N-dealkylation sites (tertiary alicyclic amines) is 1. The molecule has 1 fully saturated rings. The number of hydrogen-bond acceptors (Lipinski definition) is 3. The highest BCUT2D eigenvalue weighted by atomic mass is 35.5. The molecule has 2 aromatic rings. The number of carbonyl (C=O) groups excluding carboxylic acids is 1. The lowest BCUT2D eigenvalue weighted by atomic mass is 10.2. The molecule has 152 valence electrons. The van der Waals surface area contributed by atoms with Crippen LogP contribution in [-0.2, 0) is 27.5 Å². The van der Waals surface area contributed by atoms with Gasteiger partial charge < -0.3 is 14.4 Å². The second kappa shape index (κ2) is 13.5. The van der Waals surface area contributed by atoms with Gasteiger partial charge in [0.2, 0.25) is 5.91 Å². The second-order valence-corrected chi connectivity index (χ2v) is 9.10. The Bertz CT molecular complexity index is 628. The highest BCUT2D eigenvalue weighted by molar-refractivity contribution is 6.38. The SMILES string of the molecule is CN1CCCC1=O.ClCC[SiH2]C(OCc1ccccc1)OCc1ccccc1. The predicted octanol–water partition coefficient (Wildman–Crippen LogP) is 3.77. The van der Waals surface area contributed by atoms with Crippen molar-refractivity contribution in [2.45, 2.75) is 38.0 Å². The van der Waals surface area contributed by atoms with E-state index in [9.17, 15) is 4.79 Å². The number of carbonyl (C=O) groups is 1. The summed E-state index contributed by atoms with van der Waals surface area (Å²) in [5, 5.41) is 0. The Labute approximate surface area is 175 Å². The van der Waals surface area contributed by atoms with Crippen molar-refractivity contribution in [1.82, 2.24) is 4.90 Å². The highest BCUT2D eigenvalue weighted by Crippen LogP contribution is 2.09. The van der Waals surface area contributed by atoms with Crippen LogP contribution < -0.4 is 0 Å². The van der Waals surface area contributed by atoms with Crippen molar-refractivity contribution < 1.29 is 14.3 Å². The fraction of sp³-hybridized carbons (Fsp3) is 0.409. The van der Waals surface area contributed by atoms with Gasteiger partial charge in [0, 0.05) is 25.9 Å². The standard InChI is InChI=1S/C17H21ClO2Si.C5H9NO/c18-11-12-21-17(19-13-15-7-3-1-4-8-15)20-14-16-9-5-2-6-10-16;1-6-4-2-3-5(6)7/h1-10,17H,11-14,21H2;2-4H2,1H3. The highest BCUT2D eigenvalue weighted by Gasteiger charge is 2.14. The van der Waals surface area contributed by atoms with Crippen molar-refractivity contribution in [2.24, 2.45) is 0 Å². The Morgan fingerprint density at radius 3 is 1.89 bits per heavy atom. The molecule has 1 heterocycles. The summed E-state index contributed by atoms with van der Waals surface area (Å²) in [4.78, 5) is 12.3. The number of benzene rings is 2. The summed E-state index contributed by atoms with van der Waals surface area (Å²) in [6.07, 6.45) is 1.81. The summed E-state index contributed by atoms with van der Waals surface area (Å²) in [6.45, 7) is 2.14. The zero-order valence-electron chi connectivity index (χ0n) is 16.6.